The van der Waals surface area contributed by atoms with Gasteiger partial charge in [-0.25, -0.2) is 8.42 Å². The lowest BCUT2D eigenvalue weighted by molar-refractivity contribution is 0.0735. The van der Waals surface area contributed by atoms with Crippen molar-refractivity contribution in [2.24, 2.45) is 0 Å². The normalized spacial score (nSPS) is 18.4. The zero-order valence-electron chi connectivity index (χ0n) is 18.4. The van der Waals surface area contributed by atoms with Crippen LogP contribution in [0.25, 0.3) is 0 Å². The minimum absolute atomic E-state index is 0.0523. The first-order chi connectivity index (χ1) is 15.2. The minimum atomic E-state index is -3.74. The molecule has 0 spiro atoms. The number of amides is 1. The number of fused-ring (bicyclic) bond motifs is 1. The van der Waals surface area contributed by atoms with Gasteiger partial charge in [0.15, 0.2) is 11.5 Å². The van der Waals surface area contributed by atoms with E-state index in [2.05, 4.69) is 0 Å². The second kappa shape index (κ2) is 8.92. The quantitative estimate of drug-likeness (QED) is 0.646. The second-order valence-corrected chi connectivity index (χ2v) is 10.7. The Balaban J connectivity index is 1.65. The highest BCUT2D eigenvalue weighted by molar-refractivity contribution is 7.89. The third kappa shape index (κ3) is 4.19. The van der Waals surface area contributed by atoms with Crippen molar-refractivity contribution in [1.82, 2.24) is 9.21 Å². The van der Waals surface area contributed by atoms with E-state index in [0.29, 0.717) is 31.3 Å². The summed E-state index contributed by atoms with van der Waals surface area (Å²) in [6.07, 6.45) is 1.65. The van der Waals surface area contributed by atoms with Crippen LogP contribution >= 0.6 is 11.6 Å². The fourth-order valence-electron chi connectivity index (χ4n) is 4.05. The van der Waals surface area contributed by atoms with Gasteiger partial charge in [0, 0.05) is 19.6 Å². The Morgan fingerprint density at radius 2 is 1.84 bits per heavy atom. The van der Waals surface area contributed by atoms with Crippen LogP contribution in [0.4, 0.5) is 0 Å². The summed E-state index contributed by atoms with van der Waals surface area (Å²) in [4.78, 5) is 15.3. The number of ether oxygens (including phenoxy) is 2. The first-order valence-electron chi connectivity index (χ1n) is 10.7. The van der Waals surface area contributed by atoms with Gasteiger partial charge in [0.1, 0.15) is 13.2 Å². The van der Waals surface area contributed by atoms with Crippen molar-refractivity contribution in [3.63, 3.8) is 0 Å². The summed E-state index contributed by atoms with van der Waals surface area (Å²) in [5.74, 6) is 1.10. The molecule has 0 aromatic heterocycles. The fraction of sp³-hybridized carbons (Fsp3) is 0.435. The first-order valence-corrected chi connectivity index (χ1v) is 12.5. The number of carbonyl (C=O) groups is 1. The van der Waals surface area contributed by atoms with E-state index in [1.165, 1.54) is 29.6 Å². The molecule has 1 unspecified atom stereocenters. The predicted octanol–water partition coefficient (Wildman–Crippen LogP) is 4.12. The number of sulfonamides is 1. The maximum absolute atomic E-state index is 13.5. The molecular weight excluding hydrogens is 452 g/mol. The van der Waals surface area contributed by atoms with Gasteiger partial charge >= 0.3 is 0 Å². The lowest BCUT2D eigenvalue weighted by atomic mass is 10.0. The van der Waals surface area contributed by atoms with Crippen molar-refractivity contribution in [3.8, 4) is 11.5 Å². The largest absolute Gasteiger partial charge is 0.486 e. The molecule has 1 amide bonds. The van der Waals surface area contributed by atoms with Crippen LogP contribution in [0.2, 0.25) is 5.02 Å². The van der Waals surface area contributed by atoms with Gasteiger partial charge in [-0.3, -0.25) is 4.79 Å². The monoisotopic (exact) mass is 478 g/mol. The molecule has 7 nitrogen and oxygen atoms in total. The molecule has 2 aromatic rings. The Bertz CT molecular complexity index is 1140. The van der Waals surface area contributed by atoms with Gasteiger partial charge in [-0.05, 0) is 62.6 Å². The molecule has 4 rings (SSSR count). The zero-order valence-corrected chi connectivity index (χ0v) is 19.9. The van der Waals surface area contributed by atoms with Crippen LogP contribution in [-0.2, 0) is 10.0 Å². The third-order valence-electron chi connectivity index (χ3n) is 6.04. The Hall–Kier alpha value is -2.29. The third-order valence-corrected chi connectivity index (χ3v) is 8.40. The number of nitrogens with zero attached hydrogens (tertiary/aromatic N) is 2. The molecule has 0 bridgehead atoms. The molecule has 1 atom stereocenters. The lowest BCUT2D eigenvalue weighted by Gasteiger charge is -2.27. The topological polar surface area (TPSA) is 76.2 Å². The average Bonchev–Trinajstić information content (AvgIpc) is 3.27. The van der Waals surface area contributed by atoms with Crippen molar-refractivity contribution in [2.75, 3.05) is 26.8 Å². The van der Waals surface area contributed by atoms with Gasteiger partial charge in [-0.15, -0.1) is 0 Å². The van der Waals surface area contributed by atoms with Crippen LogP contribution in [0.15, 0.2) is 41.3 Å². The summed E-state index contributed by atoms with van der Waals surface area (Å²) in [6.45, 7) is 5.16. The zero-order chi connectivity index (χ0) is 23.0. The van der Waals surface area contributed by atoms with E-state index in [1.807, 2.05) is 18.2 Å². The van der Waals surface area contributed by atoms with E-state index < -0.39 is 10.0 Å². The van der Waals surface area contributed by atoms with Crippen molar-refractivity contribution in [1.29, 1.82) is 0 Å². The number of benzene rings is 2. The van der Waals surface area contributed by atoms with Gasteiger partial charge in [0.05, 0.1) is 21.5 Å². The Kier molecular flexibility index (Phi) is 6.38. The number of hydrogen-bond donors (Lipinski definition) is 0. The maximum Gasteiger partial charge on any atom is 0.255 e. The minimum Gasteiger partial charge on any atom is -0.486 e. The molecule has 2 aliphatic heterocycles. The summed E-state index contributed by atoms with van der Waals surface area (Å²) in [6, 6.07) is 9.68. The second-order valence-electron chi connectivity index (χ2n) is 8.32. The summed E-state index contributed by atoms with van der Waals surface area (Å²) >= 11 is 6.36. The highest BCUT2D eigenvalue weighted by Crippen LogP contribution is 2.39. The van der Waals surface area contributed by atoms with Crippen LogP contribution in [0.3, 0.4) is 0 Å². The number of likely N-dealkylation sites (tertiary alicyclic amines) is 1. The molecule has 0 N–H and O–H groups in total. The molecular formula is C23H27ClN2O5S. The SMILES string of the molecule is CC(C)N(C)S(=O)(=O)c1ccc(Cl)c(C(=O)N2CCCC2c2ccc3c(c2)OCCO3)c1. The van der Waals surface area contributed by atoms with Crippen LogP contribution in [0.1, 0.15) is 48.7 Å². The highest BCUT2D eigenvalue weighted by Gasteiger charge is 2.33. The number of halogens is 1. The van der Waals surface area contributed by atoms with E-state index in [0.717, 1.165) is 18.4 Å². The van der Waals surface area contributed by atoms with Crippen LogP contribution < -0.4 is 9.47 Å². The fourth-order valence-corrected chi connectivity index (χ4v) is 5.64. The molecule has 2 aromatic carbocycles. The maximum atomic E-state index is 13.5. The molecule has 2 aliphatic rings. The summed E-state index contributed by atoms with van der Waals surface area (Å²) in [5.41, 5.74) is 1.15. The van der Waals surface area contributed by atoms with E-state index in [9.17, 15) is 13.2 Å². The van der Waals surface area contributed by atoms with Gasteiger partial charge < -0.3 is 14.4 Å². The van der Waals surface area contributed by atoms with Crippen LogP contribution in [0.5, 0.6) is 11.5 Å². The first kappa shape index (κ1) is 22.9. The predicted molar refractivity (Wildman–Crippen MR) is 122 cm³/mol. The molecule has 0 aliphatic carbocycles. The standard InChI is InChI=1S/C23H27ClN2O5S/c1-15(2)25(3)32(28,29)17-7-8-19(24)18(14-17)23(27)26-10-4-5-20(26)16-6-9-21-22(13-16)31-12-11-30-21/h6-9,13-15,20H,4-5,10-12H2,1-3H3. The molecule has 1 fully saturated rings. The summed E-state index contributed by atoms with van der Waals surface area (Å²) in [7, 11) is -2.21. The van der Waals surface area contributed by atoms with E-state index in [1.54, 1.807) is 18.7 Å². The number of rotatable bonds is 5. The molecule has 2 heterocycles. The van der Waals surface area contributed by atoms with Gasteiger partial charge in [0.2, 0.25) is 10.0 Å². The molecule has 1 saturated heterocycles. The number of carbonyl (C=O) groups excluding carboxylic acids is 1. The van der Waals surface area contributed by atoms with Crippen molar-refractivity contribution >= 4 is 27.5 Å². The Morgan fingerprint density at radius 1 is 1.12 bits per heavy atom. The van der Waals surface area contributed by atoms with Crippen molar-refractivity contribution in [2.45, 2.75) is 43.7 Å². The van der Waals surface area contributed by atoms with Gasteiger partial charge in [-0.2, -0.15) is 4.31 Å². The van der Waals surface area contributed by atoms with Crippen molar-refractivity contribution < 1.29 is 22.7 Å². The molecule has 0 radical (unpaired) electrons. The van der Waals surface area contributed by atoms with E-state index >= 15 is 0 Å². The smallest absolute Gasteiger partial charge is 0.255 e. The average molecular weight is 479 g/mol. The highest BCUT2D eigenvalue weighted by atomic mass is 35.5. The summed E-state index contributed by atoms with van der Waals surface area (Å²) in [5, 5.41) is 0.231. The molecule has 172 valence electrons. The Labute approximate surface area is 193 Å². The van der Waals surface area contributed by atoms with E-state index in [-0.39, 0.29) is 33.5 Å². The van der Waals surface area contributed by atoms with Crippen molar-refractivity contribution in [3.05, 3.63) is 52.5 Å². The number of hydrogen-bond acceptors (Lipinski definition) is 5. The lowest BCUT2D eigenvalue weighted by Crippen LogP contribution is -2.34. The van der Waals surface area contributed by atoms with Gasteiger partial charge in [-0.1, -0.05) is 17.7 Å². The van der Waals surface area contributed by atoms with Crippen LogP contribution in [-0.4, -0.2) is 56.4 Å². The summed E-state index contributed by atoms with van der Waals surface area (Å²) < 4.78 is 38.4. The Morgan fingerprint density at radius 3 is 2.56 bits per heavy atom. The van der Waals surface area contributed by atoms with Gasteiger partial charge in [0.25, 0.3) is 5.91 Å². The molecule has 9 heteroatoms. The van der Waals surface area contributed by atoms with E-state index in [4.69, 9.17) is 21.1 Å². The van der Waals surface area contributed by atoms with Crippen LogP contribution in [0, 0.1) is 0 Å². The molecule has 0 saturated carbocycles. The molecule has 32 heavy (non-hydrogen) atoms.